The first-order chi connectivity index (χ1) is 18.0. The van der Waals surface area contributed by atoms with Gasteiger partial charge in [-0.3, -0.25) is 9.59 Å². The van der Waals surface area contributed by atoms with Crippen LogP contribution in [0, 0.1) is 5.92 Å². The van der Waals surface area contributed by atoms with Gasteiger partial charge < -0.3 is 14.7 Å². The lowest BCUT2D eigenvalue weighted by Crippen LogP contribution is -2.27. The molecule has 0 spiro atoms. The molecule has 1 N–H and O–H groups in total. The largest absolute Gasteiger partial charge is 0.481 e. The molecule has 0 aromatic rings. The second-order valence-corrected chi connectivity index (χ2v) is 11.2. The predicted octanol–water partition coefficient (Wildman–Crippen LogP) is 9.17. The van der Waals surface area contributed by atoms with Crippen molar-refractivity contribution in [1.82, 2.24) is 4.90 Å². The predicted molar refractivity (Wildman–Crippen MR) is 157 cm³/mol. The molecule has 1 unspecified atom stereocenters. The molecule has 0 bridgehead atoms. The molecule has 0 aliphatic heterocycles. The molecule has 37 heavy (non-hydrogen) atoms. The highest BCUT2D eigenvalue weighted by Gasteiger charge is 2.12. The topological polar surface area (TPSA) is 66.8 Å². The molecule has 0 rings (SSSR count). The van der Waals surface area contributed by atoms with Gasteiger partial charge in [-0.25, -0.2) is 0 Å². The van der Waals surface area contributed by atoms with Gasteiger partial charge in [0.2, 0.25) is 0 Å². The lowest BCUT2D eigenvalue weighted by Gasteiger charge is -2.22. The fraction of sp³-hybridized carbons (Fsp3) is 0.938. The van der Waals surface area contributed by atoms with E-state index in [1.807, 2.05) is 0 Å². The van der Waals surface area contributed by atoms with Crippen LogP contribution in [-0.4, -0.2) is 48.2 Å². The molecular weight excluding hydrogens is 462 g/mol. The zero-order valence-corrected chi connectivity index (χ0v) is 25.1. The Bertz CT molecular complexity index is 511. The van der Waals surface area contributed by atoms with Crippen molar-refractivity contribution in [3.8, 4) is 0 Å². The van der Waals surface area contributed by atoms with Crippen LogP contribution in [0.25, 0.3) is 0 Å². The first kappa shape index (κ1) is 35.9. The van der Waals surface area contributed by atoms with Crippen molar-refractivity contribution in [2.24, 2.45) is 5.92 Å². The highest BCUT2D eigenvalue weighted by Crippen LogP contribution is 2.20. The number of carbonyl (C=O) groups excluding carboxylic acids is 1. The summed E-state index contributed by atoms with van der Waals surface area (Å²) in [5.74, 6) is -0.168. The van der Waals surface area contributed by atoms with Gasteiger partial charge >= 0.3 is 11.9 Å². The highest BCUT2D eigenvalue weighted by atomic mass is 16.5. The fourth-order valence-electron chi connectivity index (χ4n) is 4.95. The van der Waals surface area contributed by atoms with Crippen LogP contribution in [0.15, 0.2) is 0 Å². The Kier molecular flexibility index (Phi) is 27.1. The standard InChI is InChI=1S/C32H63NO4/c1-4-7-10-12-13-17-23-30(22-16-11-8-5-2)29-37-32(36)25-19-15-21-28-33(26-9-6-3)27-20-14-18-24-31(34)35/h30H,4-29H2,1-3H3,(H,34,35). The Morgan fingerprint density at radius 1 is 0.595 bits per heavy atom. The van der Waals surface area contributed by atoms with Gasteiger partial charge in [-0.15, -0.1) is 0 Å². The summed E-state index contributed by atoms with van der Waals surface area (Å²) in [5.41, 5.74) is 0. The average Bonchev–Trinajstić information content (AvgIpc) is 2.88. The molecule has 5 nitrogen and oxygen atoms in total. The van der Waals surface area contributed by atoms with Crippen LogP contribution < -0.4 is 0 Å². The van der Waals surface area contributed by atoms with Crippen LogP contribution >= 0.6 is 0 Å². The monoisotopic (exact) mass is 525 g/mol. The molecule has 0 saturated heterocycles. The van der Waals surface area contributed by atoms with Gasteiger partial charge in [0.05, 0.1) is 6.61 Å². The number of hydrogen-bond acceptors (Lipinski definition) is 4. The first-order valence-corrected chi connectivity index (χ1v) is 16.1. The molecular formula is C32H63NO4. The van der Waals surface area contributed by atoms with Crippen molar-refractivity contribution < 1.29 is 19.4 Å². The molecule has 0 heterocycles. The second-order valence-electron chi connectivity index (χ2n) is 11.2. The van der Waals surface area contributed by atoms with E-state index in [9.17, 15) is 9.59 Å². The third kappa shape index (κ3) is 26.3. The Balaban J connectivity index is 4.11. The van der Waals surface area contributed by atoms with Crippen LogP contribution in [0.3, 0.4) is 0 Å². The van der Waals surface area contributed by atoms with Crippen molar-refractivity contribution in [2.45, 2.75) is 162 Å². The number of aliphatic carboxylic acids is 1. The lowest BCUT2D eigenvalue weighted by molar-refractivity contribution is -0.145. The van der Waals surface area contributed by atoms with E-state index < -0.39 is 5.97 Å². The number of unbranched alkanes of at least 4 members (excludes halogenated alkanes) is 13. The van der Waals surface area contributed by atoms with E-state index in [4.69, 9.17) is 9.84 Å². The Labute approximate surface area is 230 Å². The number of carboxylic acids is 1. The molecule has 0 aliphatic rings. The lowest BCUT2D eigenvalue weighted by atomic mass is 9.95. The average molecular weight is 526 g/mol. The summed E-state index contributed by atoms with van der Waals surface area (Å²) in [5, 5.41) is 8.78. The van der Waals surface area contributed by atoms with Gasteiger partial charge in [-0.1, -0.05) is 104 Å². The number of ether oxygens (including phenoxy) is 1. The summed E-state index contributed by atoms with van der Waals surface area (Å²) in [6, 6.07) is 0. The van der Waals surface area contributed by atoms with E-state index in [0.717, 1.165) is 58.2 Å². The van der Waals surface area contributed by atoms with Crippen molar-refractivity contribution in [2.75, 3.05) is 26.2 Å². The smallest absolute Gasteiger partial charge is 0.305 e. The van der Waals surface area contributed by atoms with Gasteiger partial charge in [0.15, 0.2) is 0 Å². The van der Waals surface area contributed by atoms with Crippen LogP contribution in [-0.2, 0) is 14.3 Å². The molecule has 0 amide bonds. The minimum Gasteiger partial charge on any atom is -0.481 e. The molecule has 5 heteroatoms. The van der Waals surface area contributed by atoms with Gasteiger partial charge in [-0.05, 0) is 70.5 Å². The summed E-state index contributed by atoms with van der Waals surface area (Å²) < 4.78 is 5.74. The third-order valence-electron chi connectivity index (χ3n) is 7.46. The molecule has 0 saturated carbocycles. The number of esters is 1. The maximum atomic E-state index is 12.4. The maximum absolute atomic E-state index is 12.4. The fourth-order valence-corrected chi connectivity index (χ4v) is 4.95. The SMILES string of the molecule is CCCCCCCCC(CCCCCC)COC(=O)CCCCCN(CCCC)CCCCCC(=O)O. The van der Waals surface area contributed by atoms with Crippen molar-refractivity contribution in [3.05, 3.63) is 0 Å². The van der Waals surface area contributed by atoms with Crippen LogP contribution in [0.2, 0.25) is 0 Å². The Morgan fingerprint density at radius 3 is 1.62 bits per heavy atom. The zero-order chi connectivity index (χ0) is 27.4. The number of nitrogens with zero attached hydrogens (tertiary/aromatic N) is 1. The van der Waals surface area contributed by atoms with Crippen molar-refractivity contribution in [3.63, 3.8) is 0 Å². The molecule has 0 aromatic heterocycles. The van der Waals surface area contributed by atoms with E-state index in [-0.39, 0.29) is 12.4 Å². The van der Waals surface area contributed by atoms with E-state index in [2.05, 4.69) is 25.7 Å². The summed E-state index contributed by atoms with van der Waals surface area (Å²) in [6.45, 7) is 10.6. The van der Waals surface area contributed by atoms with Crippen LogP contribution in [0.1, 0.15) is 162 Å². The van der Waals surface area contributed by atoms with Gasteiger partial charge in [0.1, 0.15) is 0 Å². The first-order valence-electron chi connectivity index (χ1n) is 16.1. The summed E-state index contributed by atoms with van der Waals surface area (Å²) in [4.78, 5) is 25.6. The summed E-state index contributed by atoms with van der Waals surface area (Å²) in [7, 11) is 0. The molecule has 0 aromatic carbocycles. The summed E-state index contributed by atoms with van der Waals surface area (Å²) in [6.07, 6.45) is 24.6. The number of rotatable bonds is 29. The molecule has 0 aliphatic carbocycles. The van der Waals surface area contributed by atoms with E-state index in [1.54, 1.807) is 0 Å². The van der Waals surface area contributed by atoms with Crippen molar-refractivity contribution in [1.29, 1.82) is 0 Å². The molecule has 1 atom stereocenters. The zero-order valence-electron chi connectivity index (χ0n) is 25.1. The van der Waals surface area contributed by atoms with Crippen LogP contribution in [0.5, 0.6) is 0 Å². The van der Waals surface area contributed by atoms with Crippen molar-refractivity contribution >= 4 is 11.9 Å². The summed E-state index contributed by atoms with van der Waals surface area (Å²) >= 11 is 0. The maximum Gasteiger partial charge on any atom is 0.305 e. The number of carbonyl (C=O) groups is 2. The number of carboxylic acid groups (broad SMARTS) is 1. The highest BCUT2D eigenvalue weighted by molar-refractivity contribution is 5.69. The Morgan fingerprint density at radius 2 is 1.05 bits per heavy atom. The minimum absolute atomic E-state index is 0.0113. The van der Waals surface area contributed by atoms with E-state index >= 15 is 0 Å². The normalized spacial score (nSPS) is 12.2. The van der Waals surface area contributed by atoms with E-state index in [1.165, 1.54) is 89.9 Å². The van der Waals surface area contributed by atoms with E-state index in [0.29, 0.717) is 18.9 Å². The van der Waals surface area contributed by atoms with Gasteiger partial charge in [0, 0.05) is 12.8 Å². The van der Waals surface area contributed by atoms with Crippen LogP contribution in [0.4, 0.5) is 0 Å². The minimum atomic E-state index is -0.693. The molecule has 220 valence electrons. The third-order valence-corrected chi connectivity index (χ3v) is 7.46. The molecule has 0 fully saturated rings. The second kappa shape index (κ2) is 27.9. The van der Waals surface area contributed by atoms with Gasteiger partial charge in [-0.2, -0.15) is 0 Å². The Hall–Kier alpha value is -1.10. The number of hydrogen-bond donors (Lipinski definition) is 1. The van der Waals surface area contributed by atoms with Gasteiger partial charge in [0.25, 0.3) is 0 Å². The quantitative estimate of drug-likeness (QED) is 0.0778. The molecule has 0 radical (unpaired) electrons.